The van der Waals surface area contributed by atoms with Gasteiger partial charge in [-0.1, -0.05) is 35.3 Å². The van der Waals surface area contributed by atoms with Crippen LogP contribution in [0, 0.1) is 0 Å². The molecule has 9 heteroatoms. The van der Waals surface area contributed by atoms with Crippen LogP contribution >= 0.6 is 28.1 Å². The van der Waals surface area contributed by atoms with Crippen molar-refractivity contribution < 1.29 is 19.1 Å². The van der Waals surface area contributed by atoms with E-state index in [0.29, 0.717) is 23.7 Å². The molecule has 0 saturated carbocycles. The van der Waals surface area contributed by atoms with Crippen molar-refractivity contribution in [3.63, 3.8) is 0 Å². The lowest BCUT2D eigenvalue weighted by atomic mass is 10.2. The normalized spacial score (nSPS) is 10.0. The first kappa shape index (κ1) is 22.6. The highest BCUT2D eigenvalue weighted by molar-refractivity contribution is 9.10. The van der Waals surface area contributed by atoms with Crippen LogP contribution in [0.2, 0.25) is 0 Å². The van der Waals surface area contributed by atoms with E-state index in [1.807, 2.05) is 0 Å². The minimum atomic E-state index is -0.448. The monoisotopic (exact) mass is 479 g/mol. The molecule has 0 aromatic heterocycles. The first-order valence-electron chi connectivity index (χ1n) is 8.99. The summed E-state index contributed by atoms with van der Waals surface area (Å²) in [6.07, 6.45) is 1.97. The maximum atomic E-state index is 12.3. The van der Waals surface area contributed by atoms with Crippen LogP contribution < -0.4 is 25.6 Å². The third-order valence-corrected chi connectivity index (χ3v) is 4.32. The molecule has 0 saturated heterocycles. The zero-order valence-electron chi connectivity index (χ0n) is 15.9. The maximum absolute atomic E-state index is 12.3. The van der Waals surface area contributed by atoms with E-state index in [2.05, 4.69) is 39.0 Å². The number of thiocarbonyl (C=S) groups is 1. The Balaban J connectivity index is 1.73. The Morgan fingerprint density at radius 3 is 2.52 bits per heavy atom. The number of amides is 2. The van der Waals surface area contributed by atoms with E-state index >= 15 is 0 Å². The highest BCUT2D eigenvalue weighted by atomic mass is 79.9. The smallest absolute Gasteiger partial charge is 0.276 e. The van der Waals surface area contributed by atoms with E-state index in [-0.39, 0.29) is 11.7 Å². The average Bonchev–Trinajstić information content (AvgIpc) is 2.72. The van der Waals surface area contributed by atoms with Crippen molar-refractivity contribution in [1.82, 2.24) is 16.2 Å². The van der Waals surface area contributed by atoms with E-state index in [4.69, 9.17) is 21.7 Å². The van der Waals surface area contributed by atoms with E-state index in [1.54, 1.807) is 48.5 Å². The Kier molecular flexibility index (Phi) is 9.39. The number of unbranched alkanes of at least 4 members (excludes halogenated alkanes) is 1. The van der Waals surface area contributed by atoms with E-state index in [1.165, 1.54) is 0 Å². The molecule has 2 aromatic rings. The molecule has 7 nitrogen and oxygen atoms in total. The SMILES string of the molecule is CCCCOc1cccc(C(=O)NC(=S)NNC(=O)COc2ccc(Br)cc2)c1. The maximum Gasteiger partial charge on any atom is 0.276 e. The number of benzene rings is 2. The molecular formula is C20H22BrN3O4S. The minimum Gasteiger partial charge on any atom is -0.494 e. The summed E-state index contributed by atoms with van der Waals surface area (Å²) in [6.45, 7) is 2.46. The molecule has 0 heterocycles. The first-order valence-corrected chi connectivity index (χ1v) is 10.2. The molecule has 0 radical (unpaired) electrons. The standard InChI is InChI=1S/C20H22BrN3O4S/c1-2-3-11-27-17-6-4-5-14(12-17)19(26)22-20(29)24-23-18(25)13-28-16-9-7-15(21)8-10-16/h4-10,12H,2-3,11,13H2,1H3,(H,23,25)(H2,22,24,26,29). The molecule has 0 aliphatic carbocycles. The number of nitrogens with one attached hydrogen (secondary N) is 3. The van der Waals surface area contributed by atoms with Crippen LogP contribution in [0.1, 0.15) is 30.1 Å². The second kappa shape index (κ2) is 12.0. The van der Waals surface area contributed by atoms with Gasteiger partial charge in [-0.05, 0) is 61.1 Å². The second-order valence-corrected chi connectivity index (χ2v) is 7.25. The summed E-state index contributed by atoms with van der Waals surface area (Å²) in [6, 6.07) is 13.9. The first-order chi connectivity index (χ1) is 14.0. The fraction of sp³-hybridized carbons (Fsp3) is 0.250. The Morgan fingerprint density at radius 1 is 1.03 bits per heavy atom. The molecule has 0 bridgehead atoms. The highest BCUT2D eigenvalue weighted by Crippen LogP contribution is 2.16. The molecule has 0 aliphatic rings. The number of hydrogen-bond acceptors (Lipinski definition) is 5. The molecule has 29 heavy (non-hydrogen) atoms. The van der Waals surface area contributed by atoms with Gasteiger partial charge in [-0.25, -0.2) is 0 Å². The summed E-state index contributed by atoms with van der Waals surface area (Å²) < 4.78 is 11.8. The molecule has 0 fully saturated rings. The Hall–Kier alpha value is -2.65. The van der Waals surface area contributed by atoms with Crippen molar-refractivity contribution in [2.45, 2.75) is 19.8 Å². The fourth-order valence-electron chi connectivity index (χ4n) is 2.11. The summed E-state index contributed by atoms with van der Waals surface area (Å²) >= 11 is 8.34. The summed E-state index contributed by atoms with van der Waals surface area (Å²) in [5.41, 5.74) is 5.23. The lowest BCUT2D eigenvalue weighted by Crippen LogP contribution is -2.49. The molecule has 0 aliphatic heterocycles. The van der Waals surface area contributed by atoms with Crippen molar-refractivity contribution in [2.75, 3.05) is 13.2 Å². The van der Waals surface area contributed by atoms with Crippen LogP contribution in [0.4, 0.5) is 0 Å². The van der Waals surface area contributed by atoms with Gasteiger partial charge >= 0.3 is 0 Å². The minimum absolute atomic E-state index is 0.0377. The lowest BCUT2D eigenvalue weighted by molar-refractivity contribution is -0.123. The molecule has 0 unspecified atom stereocenters. The Bertz CT molecular complexity index is 846. The van der Waals surface area contributed by atoms with Gasteiger partial charge in [0.15, 0.2) is 11.7 Å². The zero-order valence-corrected chi connectivity index (χ0v) is 18.3. The van der Waals surface area contributed by atoms with E-state index < -0.39 is 11.8 Å². The molecular weight excluding hydrogens is 458 g/mol. The summed E-state index contributed by atoms with van der Waals surface area (Å²) in [4.78, 5) is 24.1. The third-order valence-electron chi connectivity index (χ3n) is 3.59. The van der Waals surface area contributed by atoms with Gasteiger partial charge in [-0.2, -0.15) is 0 Å². The second-order valence-electron chi connectivity index (χ2n) is 5.93. The fourth-order valence-corrected chi connectivity index (χ4v) is 2.52. The highest BCUT2D eigenvalue weighted by Gasteiger charge is 2.10. The number of hydrogen-bond donors (Lipinski definition) is 3. The molecule has 154 valence electrons. The van der Waals surface area contributed by atoms with Gasteiger partial charge in [0.25, 0.3) is 11.8 Å². The Labute approximate surface area is 183 Å². The van der Waals surface area contributed by atoms with Gasteiger partial charge in [-0.15, -0.1) is 0 Å². The van der Waals surface area contributed by atoms with Crippen molar-refractivity contribution in [3.8, 4) is 11.5 Å². The summed E-state index contributed by atoms with van der Waals surface area (Å²) in [5.74, 6) is 0.309. The van der Waals surface area contributed by atoms with Gasteiger partial charge < -0.3 is 9.47 Å². The van der Waals surface area contributed by atoms with E-state index in [9.17, 15) is 9.59 Å². The third kappa shape index (κ3) is 8.49. The largest absolute Gasteiger partial charge is 0.494 e. The molecule has 0 atom stereocenters. The molecule has 2 rings (SSSR count). The molecule has 3 N–H and O–H groups in total. The molecule has 2 aromatic carbocycles. The number of carbonyl (C=O) groups excluding carboxylic acids is 2. The number of hydrazine groups is 1. The van der Waals surface area contributed by atoms with Gasteiger partial charge in [0.2, 0.25) is 0 Å². The van der Waals surface area contributed by atoms with Gasteiger partial charge in [0, 0.05) is 10.0 Å². The molecule has 0 spiro atoms. The summed E-state index contributed by atoms with van der Waals surface area (Å²) in [5, 5.41) is 2.45. The van der Waals surface area contributed by atoms with Gasteiger partial charge in [-0.3, -0.25) is 25.8 Å². The van der Waals surface area contributed by atoms with Crippen LogP contribution in [-0.2, 0) is 4.79 Å². The number of rotatable bonds is 8. The molecule has 2 amide bonds. The van der Waals surface area contributed by atoms with Gasteiger partial charge in [0.05, 0.1) is 6.61 Å². The number of ether oxygens (including phenoxy) is 2. The van der Waals surface area contributed by atoms with Crippen molar-refractivity contribution in [3.05, 3.63) is 58.6 Å². The lowest BCUT2D eigenvalue weighted by Gasteiger charge is -2.12. The van der Waals surface area contributed by atoms with Crippen molar-refractivity contribution >= 4 is 45.1 Å². The van der Waals surface area contributed by atoms with Crippen molar-refractivity contribution in [1.29, 1.82) is 0 Å². The van der Waals surface area contributed by atoms with Crippen LogP contribution in [-0.4, -0.2) is 30.1 Å². The number of carbonyl (C=O) groups is 2. The van der Waals surface area contributed by atoms with Crippen LogP contribution in [0.15, 0.2) is 53.0 Å². The van der Waals surface area contributed by atoms with E-state index in [0.717, 1.165) is 17.3 Å². The van der Waals surface area contributed by atoms with Crippen LogP contribution in [0.3, 0.4) is 0 Å². The topological polar surface area (TPSA) is 88.7 Å². The summed E-state index contributed by atoms with van der Waals surface area (Å²) in [7, 11) is 0. The van der Waals surface area contributed by atoms with Crippen LogP contribution in [0.5, 0.6) is 11.5 Å². The predicted molar refractivity (Wildman–Crippen MR) is 118 cm³/mol. The quantitative estimate of drug-likeness (QED) is 0.305. The zero-order chi connectivity index (χ0) is 21.1. The Morgan fingerprint density at radius 2 is 1.79 bits per heavy atom. The number of halogens is 1. The predicted octanol–water partition coefficient (Wildman–Crippen LogP) is 3.34. The van der Waals surface area contributed by atoms with Crippen LogP contribution in [0.25, 0.3) is 0 Å². The average molecular weight is 480 g/mol. The van der Waals surface area contributed by atoms with Crippen molar-refractivity contribution in [2.24, 2.45) is 0 Å². The van der Waals surface area contributed by atoms with Gasteiger partial charge in [0.1, 0.15) is 11.5 Å².